The van der Waals surface area contributed by atoms with Gasteiger partial charge in [-0.3, -0.25) is 9.88 Å². The van der Waals surface area contributed by atoms with E-state index in [2.05, 4.69) is 25.0 Å². The van der Waals surface area contributed by atoms with Gasteiger partial charge in [-0.05, 0) is 36.4 Å². The molecule has 0 fully saturated rings. The van der Waals surface area contributed by atoms with Crippen LogP contribution in [0, 0.1) is 0 Å². The second kappa shape index (κ2) is 7.69. The Morgan fingerprint density at radius 2 is 1.90 bits per heavy atom. The minimum atomic E-state index is 0.568. The lowest BCUT2D eigenvalue weighted by molar-refractivity contribution is 0.209. The summed E-state index contributed by atoms with van der Waals surface area (Å²) in [6.07, 6.45) is 6.29. The van der Waals surface area contributed by atoms with E-state index in [4.69, 9.17) is 21.1 Å². The summed E-state index contributed by atoms with van der Waals surface area (Å²) in [5.74, 6) is 1.87. The average Bonchev–Trinajstić information content (AvgIpc) is 3.23. The van der Waals surface area contributed by atoms with Crippen molar-refractivity contribution in [3.05, 3.63) is 77.2 Å². The highest BCUT2D eigenvalue weighted by Gasteiger charge is 2.21. The minimum Gasteiger partial charge on any atom is -0.338 e. The Morgan fingerprint density at radius 1 is 1.00 bits per heavy atom. The Morgan fingerprint density at radius 3 is 2.72 bits per heavy atom. The third-order valence-electron chi connectivity index (χ3n) is 4.86. The van der Waals surface area contributed by atoms with Gasteiger partial charge in [0, 0.05) is 59.8 Å². The maximum absolute atomic E-state index is 5.93. The number of hydrogen-bond acceptors (Lipinski definition) is 7. The Hall–Kier alpha value is -3.16. The summed E-state index contributed by atoms with van der Waals surface area (Å²) in [4.78, 5) is 20.2. The summed E-state index contributed by atoms with van der Waals surface area (Å²) in [5.41, 5.74) is 4.02. The van der Waals surface area contributed by atoms with E-state index in [1.165, 1.54) is 0 Å². The molecule has 1 aromatic carbocycles. The van der Waals surface area contributed by atoms with E-state index in [-0.39, 0.29) is 0 Å². The number of pyridine rings is 1. The first kappa shape index (κ1) is 17.9. The Kier molecular flexibility index (Phi) is 4.75. The summed E-state index contributed by atoms with van der Waals surface area (Å²) in [6.45, 7) is 2.21. The molecule has 3 aromatic heterocycles. The molecular weight excluding hydrogens is 388 g/mol. The highest BCUT2D eigenvalue weighted by Crippen LogP contribution is 2.23. The molecule has 29 heavy (non-hydrogen) atoms. The summed E-state index contributed by atoms with van der Waals surface area (Å²) in [5, 5.41) is 4.76. The van der Waals surface area contributed by atoms with Crippen molar-refractivity contribution in [1.82, 2.24) is 30.0 Å². The summed E-state index contributed by atoms with van der Waals surface area (Å²) < 4.78 is 5.44. The van der Waals surface area contributed by atoms with E-state index in [0.717, 1.165) is 47.7 Å². The average molecular weight is 405 g/mol. The molecule has 1 aliphatic heterocycles. The largest absolute Gasteiger partial charge is 0.338 e. The third-order valence-corrected chi connectivity index (χ3v) is 5.11. The molecule has 5 rings (SSSR count). The zero-order chi connectivity index (χ0) is 19.6. The first-order valence-electron chi connectivity index (χ1n) is 9.31. The molecule has 144 valence electrons. The van der Waals surface area contributed by atoms with Crippen LogP contribution in [0.5, 0.6) is 0 Å². The number of benzene rings is 1. The van der Waals surface area contributed by atoms with Gasteiger partial charge in [0.15, 0.2) is 5.82 Å². The monoisotopic (exact) mass is 404 g/mol. The quantitative estimate of drug-likeness (QED) is 0.511. The zero-order valence-electron chi connectivity index (χ0n) is 15.5. The van der Waals surface area contributed by atoms with Gasteiger partial charge >= 0.3 is 0 Å². The fourth-order valence-corrected chi connectivity index (χ4v) is 3.50. The molecule has 0 bridgehead atoms. The molecule has 0 spiro atoms. The molecule has 0 aliphatic carbocycles. The van der Waals surface area contributed by atoms with Gasteiger partial charge in [0.05, 0.1) is 12.2 Å². The molecule has 4 aromatic rings. The fourth-order valence-electron chi connectivity index (χ4n) is 3.37. The highest BCUT2D eigenvalue weighted by molar-refractivity contribution is 6.30. The van der Waals surface area contributed by atoms with Crippen molar-refractivity contribution in [2.75, 3.05) is 6.54 Å². The number of rotatable bonds is 4. The van der Waals surface area contributed by atoms with Crippen molar-refractivity contribution in [3.63, 3.8) is 0 Å². The lowest BCUT2D eigenvalue weighted by Gasteiger charge is -2.26. The molecule has 0 saturated heterocycles. The van der Waals surface area contributed by atoms with Crippen LogP contribution in [0.15, 0.2) is 59.5 Å². The Labute approximate surface area is 172 Å². The molecule has 0 unspecified atom stereocenters. The Balaban J connectivity index is 1.29. The van der Waals surface area contributed by atoms with Gasteiger partial charge in [0.2, 0.25) is 11.7 Å². The van der Waals surface area contributed by atoms with Crippen LogP contribution in [0.3, 0.4) is 0 Å². The molecule has 4 heterocycles. The standard InChI is InChI=1S/C21H17ClN6O/c22-17-5-3-14(4-6-17)21-26-19(29-27-21)13-28-9-7-18-16(12-28)11-24-20(25-18)15-2-1-8-23-10-15/h1-6,8,10-11H,7,9,12-13H2. The van der Waals surface area contributed by atoms with E-state index in [1.54, 1.807) is 12.4 Å². The second-order valence-corrected chi connectivity index (χ2v) is 7.32. The molecule has 7 nitrogen and oxygen atoms in total. The summed E-state index contributed by atoms with van der Waals surface area (Å²) in [7, 11) is 0. The van der Waals surface area contributed by atoms with Crippen molar-refractivity contribution in [3.8, 4) is 22.8 Å². The smallest absolute Gasteiger partial charge is 0.241 e. The Bertz CT molecular complexity index is 1130. The van der Waals surface area contributed by atoms with Crippen molar-refractivity contribution >= 4 is 11.6 Å². The van der Waals surface area contributed by atoms with E-state index in [9.17, 15) is 0 Å². The van der Waals surface area contributed by atoms with E-state index < -0.39 is 0 Å². The molecule has 0 N–H and O–H groups in total. The van der Waals surface area contributed by atoms with Crippen molar-refractivity contribution in [2.45, 2.75) is 19.5 Å². The molecular formula is C21H17ClN6O. The van der Waals surface area contributed by atoms with E-state index in [0.29, 0.717) is 23.3 Å². The molecule has 0 radical (unpaired) electrons. The van der Waals surface area contributed by atoms with Crippen LogP contribution in [0.2, 0.25) is 5.02 Å². The van der Waals surface area contributed by atoms with Gasteiger partial charge in [-0.1, -0.05) is 16.8 Å². The van der Waals surface area contributed by atoms with Gasteiger partial charge in [-0.25, -0.2) is 9.97 Å². The van der Waals surface area contributed by atoms with Gasteiger partial charge in [0.1, 0.15) is 0 Å². The highest BCUT2D eigenvalue weighted by atomic mass is 35.5. The predicted octanol–water partition coefficient (Wildman–Crippen LogP) is 3.80. The zero-order valence-corrected chi connectivity index (χ0v) is 16.3. The maximum atomic E-state index is 5.93. The van der Waals surface area contributed by atoms with Gasteiger partial charge in [-0.2, -0.15) is 4.98 Å². The van der Waals surface area contributed by atoms with Gasteiger partial charge < -0.3 is 4.52 Å². The van der Waals surface area contributed by atoms with Crippen LogP contribution in [-0.4, -0.2) is 36.5 Å². The van der Waals surface area contributed by atoms with Crippen LogP contribution in [0.1, 0.15) is 17.1 Å². The maximum Gasteiger partial charge on any atom is 0.241 e. The lowest BCUT2D eigenvalue weighted by Crippen LogP contribution is -2.31. The van der Waals surface area contributed by atoms with Gasteiger partial charge in [0.25, 0.3) is 0 Å². The number of halogens is 1. The third kappa shape index (κ3) is 3.87. The lowest BCUT2D eigenvalue weighted by atomic mass is 10.1. The SMILES string of the molecule is Clc1ccc(-c2noc(CN3CCc4nc(-c5cccnc5)ncc4C3)n2)cc1. The number of aromatic nitrogens is 5. The topological polar surface area (TPSA) is 80.8 Å². The van der Waals surface area contributed by atoms with E-state index >= 15 is 0 Å². The van der Waals surface area contributed by atoms with Crippen LogP contribution in [-0.2, 0) is 19.5 Å². The molecule has 0 atom stereocenters. The number of fused-ring (bicyclic) bond motifs is 1. The predicted molar refractivity (Wildman–Crippen MR) is 108 cm³/mol. The van der Waals surface area contributed by atoms with Crippen LogP contribution in [0.4, 0.5) is 0 Å². The number of nitrogens with zero attached hydrogens (tertiary/aromatic N) is 6. The van der Waals surface area contributed by atoms with Crippen LogP contribution < -0.4 is 0 Å². The molecule has 0 saturated carbocycles. The molecule has 1 aliphatic rings. The molecule has 0 amide bonds. The first-order chi connectivity index (χ1) is 14.2. The molecule has 8 heteroatoms. The minimum absolute atomic E-state index is 0.568. The van der Waals surface area contributed by atoms with Crippen molar-refractivity contribution in [1.29, 1.82) is 0 Å². The van der Waals surface area contributed by atoms with Crippen LogP contribution >= 0.6 is 11.6 Å². The summed E-state index contributed by atoms with van der Waals surface area (Å²) in [6, 6.07) is 11.2. The summed E-state index contributed by atoms with van der Waals surface area (Å²) >= 11 is 5.93. The number of hydrogen-bond donors (Lipinski definition) is 0. The van der Waals surface area contributed by atoms with E-state index in [1.807, 2.05) is 42.6 Å². The second-order valence-electron chi connectivity index (χ2n) is 6.89. The first-order valence-corrected chi connectivity index (χ1v) is 9.68. The fraction of sp³-hybridized carbons (Fsp3) is 0.190. The van der Waals surface area contributed by atoms with Crippen molar-refractivity contribution < 1.29 is 4.52 Å². The van der Waals surface area contributed by atoms with Crippen LogP contribution in [0.25, 0.3) is 22.8 Å². The van der Waals surface area contributed by atoms with Gasteiger partial charge in [-0.15, -0.1) is 0 Å². The van der Waals surface area contributed by atoms with Crippen molar-refractivity contribution in [2.24, 2.45) is 0 Å². The normalized spacial score (nSPS) is 14.0.